The monoisotopic (exact) mass is 366 g/mol. The number of hydrogen-bond acceptors (Lipinski definition) is 3. The molecule has 2 N–H and O–H groups in total. The van der Waals surface area contributed by atoms with Crippen LogP contribution in [0.3, 0.4) is 0 Å². The number of sulfonamides is 1. The van der Waals surface area contributed by atoms with Crippen LogP contribution in [0.1, 0.15) is 19.8 Å². The summed E-state index contributed by atoms with van der Waals surface area (Å²) >= 11 is 9.21. The molecule has 1 saturated carbocycles. The summed E-state index contributed by atoms with van der Waals surface area (Å²) in [5.41, 5.74) is 0.478. The zero-order chi connectivity index (χ0) is 14.0. The van der Waals surface area contributed by atoms with Crippen molar-refractivity contribution in [1.29, 1.82) is 0 Å². The minimum Gasteiger partial charge on any atom is -0.313 e. The van der Waals surface area contributed by atoms with Crippen LogP contribution in [0.4, 0.5) is 5.69 Å². The van der Waals surface area contributed by atoms with Gasteiger partial charge in [-0.15, -0.1) is 0 Å². The van der Waals surface area contributed by atoms with Gasteiger partial charge in [0.05, 0.1) is 16.0 Å². The molecule has 0 amide bonds. The summed E-state index contributed by atoms with van der Waals surface area (Å²) in [6.45, 7) is 2.16. The van der Waals surface area contributed by atoms with Crippen molar-refractivity contribution in [2.24, 2.45) is 0 Å². The second-order valence-electron chi connectivity index (χ2n) is 4.77. The molecular weight excluding hydrogens is 352 g/mol. The molecule has 7 heteroatoms. The Labute approximate surface area is 127 Å². The molecule has 0 bridgehead atoms. The van der Waals surface area contributed by atoms with E-state index in [-0.39, 0.29) is 0 Å². The van der Waals surface area contributed by atoms with E-state index in [0.29, 0.717) is 23.3 Å². The van der Waals surface area contributed by atoms with Gasteiger partial charge in [0.15, 0.2) is 0 Å². The Morgan fingerprint density at radius 3 is 2.74 bits per heavy atom. The summed E-state index contributed by atoms with van der Waals surface area (Å²) in [5.74, 6) is 0. The van der Waals surface area contributed by atoms with Gasteiger partial charge in [0.2, 0.25) is 10.0 Å². The molecule has 1 aliphatic rings. The highest BCUT2D eigenvalue weighted by Gasteiger charge is 2.25. The van der Waals surface area contributed by atoms with Gasteiger partial charge in [-0.1, -0.05) is 11.6 Å². The fourth-order valence-corrected chi connectivity index (χ4v) is 2.95. The minimum absolute atomic E-state index is 0.463. The molecule has 0 heterocycles. The number of anilines is 1. The maximum Gasteiger partial charge on any atom is 0.236 e. The van der Waals surface area contributed by atoms with E-state index in [1.54, 1.807) is 25.1 Å². The van der Waals surface area contributed by atoms with E-state index in [1.165, 1.54) is 0 Å². The Morgan fingerprint density at radius 1 is 1.47 bits per heavy atom. The summed E-state index contributed by atoms with van der Waals surface area (Å²) in [6, 6.07) is 5.48. The number of nitrogens with one attached hydrogen (secondary N) is 2. The molecule has 106 valence electrons. The van der Waals surface area contributed by atoms with Gasteiger partial charge in [-0.05, 0) is 53.9 Å². The van der Waals surface area contributed by atoms with Gasteiger partial charge in [0.1, 0.15) is 0 Å². The van der Waals surface area contributed by atoms with Crippen LogP contribution in [0.2, 0.25) is 5.02 Å². The quantitative estimate of drug-likeness (QED) is 0.812. The number of halogens is 2. The van der Waals surface area contributed by atoms with Gasteiger partial charge in [-0.25, -0.2) is 8.42 Å². The van der Waals surface area contributed by atoms with Crippen LogP contribution >= 0.6 is 27.5 Å². The molecule has 0 aliphatic heterocycles. The summed E-state index contributed by atoms with van der Waals surface area (Å²) in [6.07, 6.45) is 2.28. The van der Waals surface area contributed by atoms with Crippen LogP contribution in [0.15, 0.2) is 22.7 Å². The van der Waals surface area contributed by atoms with Crippen molar-refractivity contribution in [3.05, 3.63) is 27.7 Å². The van der Waals surface area contributed by atoms with E-state index < -0.39 is 15.3 Å². The largest absolute Gasteiger partial charge is 0.313 e. The fourth-order valence-electron chi connectivity index (χ4n) is 1.55. The molecule has 1 aromatic rings. The lowest BCUT2D eigenvalue weighted by molar-refractivity contribution is 0.576. The molecule has 0 saturated heterocycles. The topological polar surface area (TPSA) is 58.2 Å². The van der Waals surface area contributed by atoms with Crippen LogP contribution in [-0.4, -0.2) is 26.3 Å². The molecule has 19 heavy (non-hydrogen) atoms. The smallest absolute Gasteiger partial charge is 0.236 e. The van der Waals surface area contributed by atoms with Gasteiger partial charge in [-0.3, -0.25) is 4.72 Å². The average Bonchev–Trinajstić information content (AvgIpc) is 3.14. The van der Waals surface area contributed by atoms with E-state index in [9.17, 15) is 8.42 Å². The summed E-state index contributed by atoms with van der Waals surface area (Å²) in [7, 11) is -3.40. The third-order valence-electron chi connectivity index (χ3n) is 2.98. The standard InChI is InChI=1S/C12H16BrClN2O2S/c1-8(7-15-9-2-3-9)19(17,18)16-10-4-5-11(13)12(14)6-10/h4-6,8-9,15-16H,2-3,7H2,1H3. The molecule has 0 aromatic heterocycles. The van der Waals surface area contributed by atoms with Crippen molar-refractivity contribution < 1.29 is 8.42 Å². The van der Waals surface area contributed by atoms with Crippen LogP contribution < -0.4 is 10.0 Å². The van der Waals surface area contributed by atoms with E-state index in [4.69, 9.17) is 11.6 Å². The first-order valence-electron chi connectivity index (χ1n) is 6.08. The van der Waals surface area contributed by atoms with Gasteiger partial charge < -0.3 is 5.32 Å². The zero-order valence-corrected chi connectivity index (χ0v) is 13.6. The molecule has 4 nitrogen and oxygen atoms in total. The van der Waals surface area contributed by atoms with Crippen molar-refractivity contribution in [1.82, 2.24) is 5.32 Å². The highest BCUT2D eigenvalue weighted by atomic mass is 79.9. The number of hydrogen-bond donors (Lipinski definition) is 2. The molecule has 0 spiro atoms. The third kappa shape index (κ3) is 4.34. The maximum atomic E-state index is 12.1. The fraction of sp³-hybridized carbons (Fsp3) is 0.500. The van der Waals surface area contributed by atoms with Crippen LogP contribution in [0, 0.1) is 0 Å². The second-order valence-corrected chi connectivity index (χ2v) is 8.13. The molecule has 1 aromatic carbocycles. The van der Waals surface area contributed by atoms with E-state index in [2.05, 4.69) is 26.0 Å². The third-order valence-corrected chi connectivity index (χ3v) is 5.96. The molecule has 2 rings (SSSR count). The summed E-state index contributed by atoms with van der Waals surface area (Å²) in [4.78, 5) is 0. The Hall–Kier alpha value is -0.300. The lowest BCUT2D eigenvalue weighted by Gasteiger charge is -2.15. The van der Waals surface area contributed by atoms with Crippen molar-refractivity contribution >= 4 is 43.2 Å². The Kier molecular flexibility index (Phi) is 4.76. The van der Waals surface area contributed by atoms with Crippen molar-refractivity contribution in [3.63, 3.8) is 0 Å². The molecule has 0 radical (unpaired) electrons. The first-order chi connectivity index (χ1) is 8.88. The Morgan fingerprint density at radius 2 is 2.16 bits per heavy atom. The molecule has 1 fully saturated rings. The van der Waals surface area contributed by atoms with E-state index in [1.807, 2.05) is 0 Å². The number of rotatable bonds is 6. The molecule has 1 aliphatic carbocycles. The molecular formula is C12H16BrClN2O2S. The number of benzene rings is 1. The molecule has 1 atom stereocenters. The highest BCUT2D eigenvalue weighted by Crippen LogP contribution is 2.26. The normalized spacial score (nSPS) is 17.2. The van der Waals surface area contributed by atoms with Crippen LogP contribution in [0.5, 0.6) is 0 Å². The maximum absolute atomic E-state index is 12.1. The van der Waals surface area contributed by atoms with Gasteiger partial charge in [0, 0.05) is 17.1 Å². The second kappa shape index (κ2) is 5.99. The first-order valence-corrected chi connectivity index (χ1v) is 8.80. The Balaban J connectivity index is 2.00. The SMILES string of the molecule is CC(CNC1CC1)S(=O)(=O)Nc1ccc(Br)c(Cl)c1. The van der Waals surface area contributed by atoms with Gasteiger partial charge in [0.25, 0.3) is 0 Å². The van der Waals surface area contributed by atoms with Crippen molar-refractivity contribution in [2.75, 3.05) is 11.3 Å². The van der Waals surface area contributed by atoms with E-state index >= 15 is 0 Å². The van der Waals surface area contributed by atoms with Crippen LogP contribution in [0.25, 0.3) is 0 Å². The first kappa shape index (κ1) is 15.1. The highest BCUT2D eigenvalue weighted by molar-refractivity contribution is 9.10. The van der Waals surface area contributed by atoms with Crippen LogP contribution in [-0.2, 0) is 10.0 Å². The van der Waals surface area contributed by atoms with E-state index in [0.717, 1.165) is 17.3 Å². The average molecular weight is 368 g/mol. The van der Waals surface area contributed by atoms with Crippen molar-refractivity contribution in [3.8, 4) is 0 Å². The summed E-state index contributed by atoms with van der Waals surface area (Å²) < 4.78 is 27.5. The predicted molar refractivity (Wildman–Crippen MR) is 82.2 cm³/mol. The summed E-state index contributed by atoms with van der Waals surface area (Å²) in [5, 5.41) is 3.20. The predicted octanol–water partition coefficient (Wildman–Crippen LogP) is 2.98. The van der Waals surface area contributed by atoms with Gasteiger partial charge >= 0.3 is 0 Å². The molecule has 1 unspecified atom stereocenters. The van der Waals surface area contributed by atoms with Crippen molar-refractivity contribution in [2.45, 2.75) is 31.1 Å². The lowest BCUT2D eigenvalue weighted by atomic mass is 10.3. The minimum atomic E-state index is -3.40. The van der Waals surface area contributed by atoms with Gasteiger partial charge in [-0.2, -0.15) is 0 Å². The lowest BCUT2D eigenvalue weighted by Crippen LogP contribution is -2.35. The Bertz CT molecular complexity index is 561. The zero-order valence-electron chi connectivity index (χ0n) is 10.5.